The third-order valence-corrected chi connectivity index (χ3v) is 10.5. The average Bonchev–Trinajstić information content (AvgIpc) is 3.83. The molecule has 0 aromatic heterocycles. The van der Waals surface area contributed by atoms with Crippen LogP contribution in [0.4, 0.5) is 0 Å². The van der Waals surface area contributed by atoms with E-state index in [0.717, 1.165) is 65.9 Å². The number of carbonyl (C=O) groups excluding carboxylic acids is 1. The highest BCUT2D eigenvalue weighted by Crippen LogP contribution is 2.39. The molecule has 4 unspecified atom stereocenters. The van der Waals surface area contributed by atoms with Crippen molar-refractivity contribution < 1.29 is 29.3 Å². The van der Waals surface area contributed by atoms with Gasteiger partial charge >= 0.3 is 5.97 Å². The molecule has 3 heterocycles. The molecule has 0 aliphatic carbocycles. The minimum atomic E-state index is -0.796. The molecular weight excluding hydrogens is 630 g/mol. The predicted octanol–water partition coefficient (Wildman–Crippen LogP) is 6.60. The molecule has 3 aromatic rings. The van der Waals surface area contributed by atoms with Crippen molar-refractivity contribution in [1.29, 1.82) is 0 Å². The summed E-state index contributed by atoms with van der Waals surface area (Å²) >= 11 is 0. The summed E-state index contributed by atoms with van der Waals surface area (Å²) in [6, 6.07) is 25.2. The number of rotatable bonds is 16. The molecule has 3 aromatic carbocycles. The Balaban J connectivity index is 1.12. The molecule has 9 heteroatoms. The third kappa shape index (κ3) is 10.0. The van der Waals surface area contributed by atoms with Gasteiger partial charge in [-0.25, -0.2) is 0 Å². The summed E-state index contributed by atoms with van der Waals surface area (Å²) in [4.78, 5) is 28.5. The Kier molecular flexibility index (Phi) is 13.1. The Morgan fingerprint density at radius 2 is 1.54 bits per heavy atom. The molecule has 3 N–H and O–H groups in total. The zero-order valence-electron chi connectivity index (χ0n) is 29.2. The summed E-state index contributed by atoms with van der Waals surface area (Å²) in [5, 5.41) is 21.4. The first-order valence-corrected chi connectivity index (χ1v) is 18.6. The molecule has 268 valence electrons. The lowest BCUT2D eigenvalue weighted by Crippen LogP contribution is -2.45. The highest BCUT2D eigenvalue weighted by molar-refractivity contribution is 5.76. The van der Waals surface area contributed by atoms with Crippen LogP contribution in [0.2, 0.25) is 0 Å². The number of ether oxygens (including phenoxy) is 2. The van der Waals surface area contributed by atoms with Crippen LogP contribution >= 0.6 is 0 Å². The minimum absolute atomic E-state index is 0.0194. The summed E-state index contributed by atoms with van der Waals surface area (Å²) in [5.41, 5.74) is 6.11. The number of aliphatic hydroxyl groups is 1. The number of nitrogens with zero attached hydrogens (tertiary/aromatic N) is 2. The molecule has 3 fully saturated rings. The van der Waals surface area contributed by atoms with Gasteiger partial charge in [0.15, 0.2) is 6.29 Å². The maximum absolute atomic E-state index is 12.5. The van der Waals surface area contributed by atoms with Crippen molar-refractivity contribution in [2.45, 2.75) is 102 Å². The van der Waals surface area contributed by atoms with Crippen LogP contribution in [-0.4, -0.2) is 76.8 Å². The Morgan fingerprint density at radius 1 is 0.800 bits per heavy atom. The van der Waals surface area contributed by atoms with Crippen LogP contribution < -0.4 is 5.32 Å². The first kappa shape index (κ1) is 36.2. The fourth-order valence-corrected chi connectivity index (χ4v) is 7.70. The fourth-order valence-electron chi connectivity index (χ4n) is 7.70. The zero-order chi connectivity index (χ0) is 34.7. The predicted molar refractivity (Wildman–Crippen MR) is 193 cm³/mol. The number of amides is 1. The van der Waals surface area contributed by atoms with Crippen molar-refractivity contribution >= 4 is 11.9 Å². The topological polar surface area (TPSA) is 112 Å². The van der Waals surface area contributed by atoms with E-state index in [1.165, 1.54) is 38.8 Å². The van der Waals surface area contributed by atoms with E-state index in [1.807, 2.05) is 30.3 Å². The Hall–Kier alpha value is -3.60. The van der Waals surface area contributed by atoms with E-state index in [1.54, 1.807) is 0 Å². The van der Waals surface area contributed by atoms with Crippen LogP contribution in [0, 0.1) is 0 Å². The fraction of sp³-hybridized carbons (Fsp3) is 0.512. The van der Waals surface area contributed by atoms with Gasteiger partial charge in [0.25, 0.3) is 0 Å². The second kappa shape index (κ2) is 18.1. The minimum Gasteiger partial charge on any atom is -0.481 e. The standard InChI is InChI=1S/C41H53N3O6/c45-29-30-14-16-32(17-15-30)38-25-36(28-44-24-8-10-35(44)27-43-22-6-7-23-43)49-41(50-38)33-20-18-31(19-21-33)37-11-5-4-9-34(37)26-42-39(46)12-2-1-3-13-40(47)48/h4-5,9,11,14-21,35-36,38,41,45H,1-3,6-8,10,12-13,22-29H2,(H,42,46)(H,47,48). The van der Waals surface area contributed by atoms with Crippen molar-refractivity contribution in [1.82, 2.24) is 15.1 Å². The van der Waals surface area contributed by atoms with Crippen molar-refractivity contribution in [3.8, 4) is 11.1 Å². The smallest absolute Gasteiger partial charge is 0.303 e. The first-order valence-electron chi connectivity index (χ1n) is 18.6. The summed E-state index contributed by atoms with van der Waals surface area (Å²) in [7, 11) is 0. The molecule has 0 bridgehead atoms. The molecule has 0 radical (unpaired) electrons. The number of aliphatic carboxylic acids is 1. The number of nitrogens with one attached hydrogen (secondary N) is 1. The average molecular weight is 684 g/mol. The SMILES string of the molecule is O=C(O)CCCCCC(=O)NCc1ccccc1-c1ccc(C2OC(CN3CCCC3CN3CCCC3)CC(c3ccc(CO)cc3)O2)cc1. The maximum Gasteiger partial charge on any atom is 0.303 e. The van der Waals surface area contributed by atoms with Gasteiger partial charge in [-0.05, 0) is 86.0 Å². The van der Waals surface area contributed by atoms with E-state index < -0.39 is 12.3 Å². The van der Waals surface area contributed by atoms with E-state index in [9.17, 15) is 14.7 Å². The van der Waals surface area contributed by atoms with Crippen LogP contribution in [0.25, 0.3) is 11.1 Å². The molecule has 9 nitrogen and oxygen atoms in total. The number of carboxylic acid groups (broad SMARTS) is 1. The maximum atomic E-state index is 12.5. The normalized spacial score (nSPS) is 22.9. The Morgan fingerprint density at radius 3 is 2.30 bits per heavy atom. The number of carboxylic acids is 1. The zero-order valence-corrected chi connectivity index (χ0v) is 29.2. The number of hydrogen-bond donors (Lipinski definition) is 3. The largest absolute Gasteiger partial charge is 0.481 e. The van der Waals surface area contributed by atoms with Gasteiger partial charge in [0.1, 0.15) is 0 Å². The van der Waals surface area contributed by atoms with Crippen LogP contribution in [0.5, 0.6) is 0 Å². The molecule has 0 saturated carbocycles. The van der Waals surface area contributed by atoms with Crippen LogP contribution in [-0.2, 0) is 32.2 Å². The molecule has 6 rings (SSSR count). The second-order valence-electron chi connectivity index (χ2n) is 14.2. The second-order valence-corrected chi connectivity index (χ2v) is 14.2. The van der Waals surface area contributed by atoms with Gasteiger partial charge < -0.3 is 29.9 Å². The summed E-state index contributed by atoms with van der Waals surface area (Å²) in [6.07, 6.45) is 7.83. The molecule has 50 heavy (non-hydrogen) atoms. The first-order chi connectivity index (χ1) is 24.4. The molecule has 1 amide bonds. The molecule has 0 spiro atoms. The van der Waals surface area contributed by atoms with Crippen molar-refractivity contribution in [3.63, 3.8) is 0 Å². The van der Waals surface area contributed by atoms with Crippen LogP contribution in [0.3, 0.4) is 0 Å². The van der Waals surface area contributed by atoms with Gasteiger partial charge in [0.05, 0.1) is 18.8 Å². The van der Waals surface area contributed by atoms with Crippen LogP contribution in [0.15, 0.2) is 72.8 Å². The van der Waals surface area contributed by atoms with Crippen molar-refractivity contribution in [2.24, 2.45) is 0 Å². The summed E-state index contributed by atoms with van der Waals surface area (Å²) in [5.74, 6) is -0.821. The molecule has 3 saturated heterocycles. The van der Waals surface area contributed by atoms with E-state index in [4.69, 9.17) is 14.6 Å². The van der Waals surface area contributed by atoms with Gasteiger partial charge in [0, 0.05) is 50.5 Å². The molecular formula is C41H53N3O6. The number of unbranched alkanes of at least 4 members (excludes halogenated alkanes) is 2. The van der Waals surface area contributed by atoms with Gasteiger partial charge in [-0.2, -0.15) is 0 Å². The molecule has 3 aliphatic heterocycles. The van der Waals surface area contributed by atoms with E-state index in [2.05, 4.69) is 57.6 Å². The number of benzene rings is 3. The number of hydrogen-bond acceptors (Lipinski definition) is 7. The van der Waals surface area contributed by atoms with E-state index in [-0.39, 0.29) is 31.1 Å². The lowest BCUT2D eigenvalue weighted by Gasteiger charge is -2.39. The Bertz CT molecular complexity index is 1520. The highest BCUT2D eigenvalue weighted by Gasteiger charge is 2.36. The third-order valence-electron chi connectivity index (χ3n) is 10.5. The lowest BCUT2D eigenvalue weighted by molar-refractivity contribution is -0.253. The molecule has 3 aliphatic rings. The monoisotopic (exact) mass is 683 g/mol. The summed E-state index contributed by atoms with van der Waals surface area (Å²) < 4.78 is 13.4. The van der Waals surface area contributed by atoms with Crippen molar-refractivity contribution in [3.05, 3.63) is 95.1 Å². The highest BCUT2D eigenvalue weighted by atomic mass is 16.7. The van der Waals surface area contributed by atoms with Gasteiger partial charge in [-0.15, -0.1) is 0 Å². The Labute approximate surface area is 296 Å². The van der Waals surface area contributed by atoms with Crippen molar-refractivity contribution in [2.75, 3.05) is 32.7 Å². The summed E-state index contributed by atoms with van der Waals surface area (Å²) in [6.45, 7) is 6.04. The molecule has 4 atom stereocenters. The van der Waals surface area contributed by atoms with E-state index >= 15 is 0 Å². The quantitative estimate of drug-likeness (QED) is 0.145. The van der Waals surface area contributed by atoms with Crippen LogP contribution in [0.1, 0.15) is 98.9 Å². The van der Waals surface area contributed by atoms with Gasteiger partial charge in [-0.1, -0.05) is 79.2 Å². The van der Waals surface area contributed by atoms with Gasteiger partial charge in [-0.3, -0.25) is 14.5 Å². The van der Waals surface area contributed by atoms with Gasteiger partial charge in [0.2, 0.25) is 5.91 Å². The number of aliphatic hydroxyl groups excluding tert-OH is 1. The number of likely N-dealkylation sites (tertiary alicyclic amines) is 2. The lowest BCUT2D eigenvalue weighted by atomic mass is 9.97. The number of carbonyl (C=O) groups is 2. The van der Waals surface area contributed by atoms with E-state index in [0.29, 0.717) is 31.8 Å².